The Morgan fingerprint density at radius 3 is 2.26 bits per heavy atom. The highest BCUT2D eigenvalue weighted by Gasteiger charge is 2.29. The average Bonchev–Trinajstić information content (AvgIpc) is 2.76. The van der Waals surface area contributed by atoms with Crippen molar-refractivity contribution in [1.82, 2.24) is 14.1 Å². The van der Waals surface area contributed by atoms with Gasteiger partial charge in [-0.15, -0.1) is 5.10 Å². The van der Waals surface area contributed by atoms with Crippen LogP contribution in [0.4, 0.5) is 5.82 Å². The van der Waals surface area contributed by atoms with E-state index in [9.17, 15) is 13.2 Å². The lowest BCUT2D eigenvalue weighted by Gasteiger charge is -2.34. The Morgan fingerprint density at radius 1 is 0.839 bits per heavy atom. The van der Waals surface area contributed by atoms with E-state index in [1.807, 2.05) is 49.9 Å². The second kappa shape index (κ2) is 8.28. The minimum absolute atomic E-state index is 0.201. The standard InChI is InChI=1S/C23H26N4O3S/c1-17-5-4-6-21(15-17)31(29,30)26-13-11-25(12-14-26)22-9-10-23(28)27(24-22)20-8-7-18(2)19(3)16-20/h4-10,15-16H,11-14H2,1-3H3. The molecule has 0 spiro atoms. The van der Waals surface area contributed by atoms with Crippen molar-refractivity contribution >= 4 is 15.8 Å². The quantitative estimate of drug-likeness (QED) is 0.626. The third kappa shape index (κ3) is 4.26. The van der Waals surface area contributed by atoms with Gasteiger partial charge in [-0.1, -0.05) is 18.2 Å². The van der Waals surface area contributed by atoms with Crippen LogP contribution in [0.1, 0.15) is 16.7 Å². The van der Waals surface area contributed by atoms with Crippen molar-refractivity contribution in [3.63, 3.8) is 0 Å². The van der Waals surface area contributed by atoms with Gasteiger partial charge in [-0.3, -0.25) is 4.79 Å². The Kier molecular flexibility index (Phi) is 5.68. The monoisotopic (exact) mass is 438 g/mol. The zero-order chi connectivity index (χ0) is 22.2. The van der Waals surface area contributed by atoms with Gasteiger partial charge in [0.15, 0.2) is 0 Å². The van der Waals surface area contributed by atoms with Gasteiger partial charge in [0.2, 0.25) is 10.0 Å². The van der Waals surface area contributed by atoms with E-state index in [2.05, 4.69) is 5.10 Å². The number of piperazine rings is 1. The molecule has 162 valence electrons. The van der Waals surface area contributed by atoms with Gasteiger partial charge in [0.05, 0.1) is 10.6 Å². The summed E-state index contributed by atoms with van der Waals surface area (Å²) in [7, 11) is -3.53. The van der Waals surface area contributed by atoms with Gasteiger partial charge < -0.3 is 4.90 Å². The molecule has 8 heteroatoms. The minimum Gasteiger partial charge on any atom is -0.353 e. The van der Waals surface area contributed by atoms with Crippen molar-refractivity contribution in [2.45, 2.75) is 25.7 Å². The van der Waals surface area contributed by atoms with Gasteiger partial charge in [0.1, 0.15) is 5.82 Å². The zero-order valence-corrected chi connectivity index (χ0v) is 18.8. The van der Waals surface area contributed by atoms with Crippen molar-refractivity contribution in [3.05, 3.63) is 81.6 Å². The first-order valence-electron chi connectivity index (χ1n) is 10.3. The van der Waals surface area contributed by atoms with Crippen LogP contribution in [-0.4, -0.2) is 48.7 Å². The third-order valence-corrected chi connectivity index (χ3v) is 7.61. The molecule has 0 atom stereocenters. The van der Waals surface area contributed by atoms with Crippen LogP contribution in [0, 0.1) is 20.8 Å². The summed E-state index contributed by atoms with van der Waals surface area (Å²) in [6, 6.07) is 16.0. The molecule has 0 bridgehead atoms. The zero-order valence-electron chi connectivity index (χ0n) is 17.9. The number of sulfonamides is 1. The lowest BCUT2D eigenvalue weighted by molar-refractivity contribution is 0.383. The molecule has 0 radical (unpaired) electrons. The summed E-state index contributed by atoms with van der Waals surface area (Å²) < 4.78 is 28.9. The number of rotatable bonds is 4. The van der Waals surface area contributed by atoms with E-state index in [0.29, 0.717) is 36.9 Å². The molecule has 4 rings (SSSR count). The maximum atomic E-state index is 13.0. The molecule has 1 aliphatic heterocycles. The second-order valence-electron chi connectivity index (χ2n) is 7.92. The summed E-state index contributed by atoms with van der Waals surface area (Å²) in [5, 5.41) is 4.56. The number of benzene rings is 2. The molecule has 2 aromatic carbocycles. The lowest BCUT2D eigenvalue weighted by Crippen LogP contribution is -2.49. The van der Waals surface area contributed by atoms with Crippen LogP contribution in [0.2, 0.25) is 0 Å². The molecule has 7 nitrogen and oxygen atoms in total. The Morgan fingerprint density at radius 2 is 1.58 bits per heavy atom. The summed E-state index contributed by atoms with van der Waals surface area (Å²) in [5.74, 6) is 0.658. The summed E-state index contributed by atoms with van der Waals surface area (Å²) in [5.41, 5.74) is 3.67. The smallest absolute Gasteiger partial charge is 0.271 e. The van der Waals surface area contributed by atoms with Crippen molar-refractivity contribution in [2.24, 2.45) is 0 Å². The highest BCUT2D eigenvalue weighted by Crippen LogP contribution is 2.21. The Balaban J connectivity index is 1.54. The molecule has 1 aliphatic rings. The fourth-order valence-electron chi connectivity index (χ4n) is 3.69. The van der Waals surface area contributed by atoms with Crippen molar-refractivity contribution in [2.75, 3.05) is 31.1 Å². The highest BCUT2D eigenvalue weighted by atomic mass is 32.2. The molecule has 1 saturated heterocycles. The molecule has 3 aromatic rings. The summed E-state index contributed by atoms with van der Waals surface area (Å²) in [6.07, 6.45) is 0. The number of aryl methyl sites for hydroxylation is 3. The number of hydrogen-bond donors (Lipinski definition) is 0. The van der Waals surface area contributed by atoms with Crippen LogP contribution in [0.25, 0.3) is 5.69 Å². The molecule has 31 heavy (non-hydrogen) atoms. The highest BCUT2D eigenvalue weighted by molar-refractivity contribution is 7.89. The third-order valence-electron chi connectivity index (χ3n) is 5.71. The minimum atomic E-state index is -3.53. The summed E-state index contributed by atoms with van der Waals surface area (Å²) >= 11 is 0. The van der Waals surface area contributed by atoms with E-state index in [0.717, 1.165) is 22.4 Å². The van der Waals surface area contributed by atoms with Gasteiger partial charge in [-0.2, -0.15) is 8.99 Å². The molecule has 0 N–H and O–H groups in total. The molecule has 0 aliphatic carbocycles. The predicted molar refractivity (Wildman–Crippen MR) is 121 cm³/mol. The molecule has 0 amide bonds. The number of nitrogens with zero attached hydrogens (tertiary/aromatic N) is 4. The SMILES string of the molecule is Cc1cccc(S(=O)(=O)N2CCN(c3ccc(=O)n(-c4ccc(C)c(C)c4)n3)CC2)c1. The average molecular weight is 439 g/mol. The van der Waals surface area contributed by atoms with E-state index in [1.165, 1.54) is 15.1 Å². The molecule has 1 aromatic heterocycles. The normalized spacial score (nSPS) is 15.3. The van der Waals surface area contributed by atoms with Crippen LogP contribution < -0.4 is 10.5 Å². The Hall–Kier alpha value is -2.97. The molecule has 0 saturated carbocycles. The molecular formula is C23H26N4O3S. The Bertz CT molecular complexity index is 1280. The fourth-order valence-corrected chi connectivity index (χ4v) is 5.22. The lowest BCUT2D eigenvalue weighted by atomic mass is 10.1. The first-order chi connectivity index (χ1) is 14.8. The van der Waals surface area contributed by atoms with Crippen molar-refractivity contribution in [1.29, 1.82) is 0 Å². The maximum Gasteiger partial charge on any atom is 0.271 e. The summed E-state index contributed by atoms with van der Waals surface area (Å²) in [6.45, 7) is 7.64. The van der Waals surface area contributed by atoms with E-state index in [1.54, 1.807) is 24.3 Å². The number of hydrogen-bond acceptors (Lipinski definition) is 5. The number of aromatic nitrogens is 2. The van der Waals surface area contributed by atoms with Gasteiger partial charge in [0.25, 0.3) is 5.56 Å². The van der Waals surface area contributed by atoms with Gasteiger partial charge >= 0.3 is 0 Å². The molecule has 2 heterocycles. The van der Waals surface area contributed by atoms with Gasteiger partial charge in [-0.05, 0) is 67.8 Å². The largest absolute Gasteiger partial charge is 0.353 e. The number of anilines is 1. The van der Waals surface area contributed by atoms with Gasteiger partial charge in [-0.25, -0.2) is 8.42 Å². The van der Waals surface area contributed by atoms with Crippen LogP contribution in [0.15, 0.2) is 64.3 Å². The van der Waals surface area contributed by atoms with E-state index in [-0.39, 0.29) is 5.56 Å². The molecule has 1 fully saturated rings. The second-order valence-corrected chi connectivity index (χ2v) is 9.86. The van der Waals surface area contributed by atoms with Gasteiger partial charge in [0, 0.05) is 32.2 Å². The topological polar surface area (TPSA) is 75.5 Å². The van der Waals surface area contributed by atoms with Crippen molar-refractivity contribution in [3.8, 4) is 5.69 Å². The van der Waals surface area contributed by atoms with Crippen LogP contribution >= 0.6 is 0 Å². The first-order valence-corrected chi connectivity index (χ1v) is 11.7. The summed E-state index contributed by atoms with van der Waals surface area (Å²) in [4.78, 5) is 14.7. The first kappa shape index (κ1) is 21.3. The van der Waals surface area contributed by atoms with Crippen molar-refractivity contribution < 1.29 is 8.42 Å². The van der Waals surface area contributed by atoms with Crippen LogP contribution in [0.3, 0.4) is 0 Å². The van der Waals surface area contributed by atoms with E-state index in [4.69, 9.17) is 0 Å². The van der Waals surface area contributed by atoms with Crippen LogP contribution in [-0.2, 0) is 10.0 Å². The maximum absolute atomic E-state index is 13.0. The van der Waals surface area contributed by atoms with E-state index < -0.39 is 10.0 Å². The molecule has 0 unspecified atom stereocenters. The van der Waals surface area contributed by atoms with E-state index >= 15 is 0 Å². The Labute approximate surface area is 182 Å². The predicted octanol–water partition coefficient (Wildman–Crippen LogP) is 2.67. The molecular weight excluding hydrogens is 412 g/mol. The fraction of sp³-hybridized carbons (Fsp3) is 0.304. The van der Waals surface area contributed by atoms with Crippen LogP contribution in [0.5, 0.6) is 0 Å².